The molecule has 0 aliphatic rings. The van der Waals surface area contributed by atoms with Gasteiger partial charge in [0.1, 0.15) is 5.82 Å². The van der Waals surface area contributed by atoms with Crippen LogP contribution in [0.5, 0.6) is 0 Å². The second-order valence-corrected chi connectivity index (χ2v) is 4.87. The number of hydrogen-bond donors (Lipinski definition) is 0. The number of halogens is 4. The first-order valence-corrected chi connectivity index (χ1v) is 6.51. The molecule has 0 saturated heterocycles. The molecule has 0 N–H and O–H groups in total. The van der Waals surface area contributed by atoms with Crippen molar-refractivity contribution in [3.8, 4) is 11.1 Å². The van der Waals surface area contributed by atoms with Crippen LogP contribution in [0.25, 0.3) is 28.0 Å². The van der Waals surface area contributed by atoms with E-state index >= 15 is 0 Å². The van der Waals surface area contributed by atoms with Gasteiger partial charge in [-0.3, -0.25) is 0 Å². The van der Waals surface area contributed by atoms with Crippen LogP contribution in [0.1, 0.15) is 5.56 Å². The summed E-state index contributed by atoms with van der Waals surface area (Å²) in [5.41, 5.74) is 2.02. The van der Waals surface area contributed by atoms with Gasteiger partial charge in [-0.25, -0.2) is 17.6 Å². The molecule has 0 aromatic heterocycles. The Kier molecular flexibility index (Phi) is 3.45. The van der Waals surface area contributed by atoms with Crippen molar-refractivity contribution < 1.29 is 17.6 Å². The van der Waals surface area contributed by atoms with E-state index in [9.17, 15) is 17.6 Å². The third-order valence-electron chi connectivity index (χ3n) is 3.50. The predicted molar refractivity (Wildman–Crippen MR) is 79.3 cm³/mol. The van der Waals surface area contributed by atoms with Gasteiger partial charge in [-0.15, -0.1) is 0 Å². The van der Waals surface area contributed by atoms with Gasteiger partial charge < -0.3 is 0 Å². The molecule has 0 radical (unpaired) electrons. The molecule has 0 aliphatic heterocycles. The van der Waals surface area contributed by atoms with Crippen LogP contribution in [-0.4, -0.2) is 0 Å². The largest absolute Gasteiger partial charge is 0.206 e. The molecule has 0 saturated carbocycles. The van der Waals surface area contributed by atoms with Crippen molar-refractivity contribution in [1.82, 2.24) is 0 Å². The van der Waals surface area contributed by atoms with Crippen LogP contribution < -0.4 is 0 Å². The lowest BCUT2D eigenvalue weighted by molar-refractivity contribution is 0.451. The summed E-state index contributed by atoms with van der Waals surface area (Å²) in [7, 11) is 0. The Hall–Kier alpha value is -2.62. The molecule has 0 aliphatic carbocycles. The van der Waals surface area contributed by atoms with E-state index in [0.29, 0.717) is 11.1 Å². The number of hydrogen-bond acceptors (Lipinski definition) is 0. The molecule has 0 unspecified atom stereocenters. The van der Waals surface area contributed by atoms with Crippen molar-refractivity contribution in [2.24, 2.45) is 0 Å². The zero-order chi connectivity index (χ0) is 15.9. The number of benzene rings is 3. The highest BCUT2D eigenvalue weighted by molar-refractivity contribution is 5.88. The summed E-state index contributed by atoms with van der Waals surface area (Å²) in [6.07, 6.45) is 1.66. The first-order valence-electron chi connectivity index (χ1n) is 6.51. The zero-order valence-corrected chi connectivity index (χ0v) is 11.3. The fourth-order valence-electron chi connectivity index (χ4n) is 2.37. The summed E-state index contributed by atoms with van der Waals surface area (Å²) in [5, 5.41) is -0.579. The second-order valence-electron chi connectivity index (χ2n) is 4.87. The normalized spacial score (nSPS) is 10.9. The third-order valence-corrected chi connectivity index (χ3v) is 3.50. The summed E-state index contributed by atoms with van der Waals surface area (Å²) < 4.78 is 54.3. The fourth-order valence-corrected chi connectivity index (χ4v) is 2.37. The lowest BCUT2D eigenvalue weighted by Gasteiger charge is -2.08. The molecule has 0 nitrogen and oxygen atoms in total. The van der Waals surface area contributed by atoms with Crippen LogP contribution in [0.2, 0.25) is 0 Å². The summed E-state index contributed by atoms with van der Waals surface area (Å²) in [4.78, 5) is 0. The minimum Gasteiger partial charge on any atom is -0.206 e. The second kappa shape index (κ2) is 5.30. The maximum Gasteiger partial charge on any atom is 0.195 e. The SMILES string of the molecule is C=Cc1ccc(-c2cc(F)c3c(F)c(F)c(F)cc3c2)cc1. The Balaban J connectivity index is 2.24. The summed E-state index contributed by atoms with van der Waals surface area (Å²) >= 11 is 0. The lowest BCUT2D eigenvalue weighted by Crippen LogP contribution is -1.95. The maximum atomic E-state index is 14.1. The highest BCUT2D eigenvalue weighted by Gasteiger charge is 2.17. The van der Waals surface area contributed by atoms with Gasteiger partial charge in [0, 0.05) is 0 Å². The molecule has 22 heavy (non-hydrogen) atoms. The first kappa shape index (κ1) is 14.3. The maximum absolute atomic E-state index is 14.1. The van der Waals surface area contributed by atoms with Crippen LogP contribution in [0, 0.1) is 23.3 Å². The molecular formula is C18H10F4. The Morgan fingerprint density at radius 1 is 0.727 bits per heavy atom. The molecule has 0 spiro atoms. The van der Waals surface area contributed by atoms with Crippen molar-refractivity contribution in [2.75, 3.05) is 0 Å². The van der Waals surface area contributed by atoms with Crippen LogP contribution in [-0.2, 0) is 0 Å². The average molecular weight is 302 g/mol. The van der Waals surface area contributed by atoms with Gasteiger partial charge in [0.15, 0.2) is 17.5 Å². The number of rotatable bonds is 2. The predicted octanol–water partition coefficient (Wildman–Crippen LogP) is 5.71. The summed E-state index contributed by atoms with van der Waals surface area (Å²) in [6.45, 7) is 3.64. The summed E-state index contributed by atoms with van der Waals surface area (Å²) in [5.74, 6) is -5.46. The van der Waals surface area contributed by atoms with Gasteiger partial charge in [0.05, 0.1) is 5.39 Å². The van der Waals surface area contributed by atoms with Gasteiger partial charge in [0.25, 0.3) is 0 Å². The smallest absolute Gasteiger partial charge is 0.195 e. The Labute approximate surface area is 124 Å². The van der Waals surface area contributed by atoms with Gasteiger partial charge in [-0.2, -0.15) is 0 Å². The number of fused-ring (bicyclic) bond motifs is 1. The molecule has 3 aromatic carbocycles. The van der Waals surface area contributed by atoms with Crippen molar-refractivity contribution in [3.63, 3.8) is 0 Å². The van der Waals surface area contributed by atoms with Crippen molar-refractivity contribution in [3.05, 3.63) is 77.9 Å². The van der Waals surface area contributed by atoms with Crippen molar-refractivity contribution >= 4 is 16.8 Å². The molecule has 0 atom stereocenters. The molecule has 0 bridgehead atoms. The van der Waals surface area contributed by atoms with E-state index < -0.39 is 28.7 Å². The van der Waals surface area contributed by atoms with E-state index in [1.54, 1.807) is 30.3 Å². The van der Waals surface area contributed by atoms with E-state index in [0.717, 1.165) is 17.7 Å². The molecule has 3 rings (SSSR count). The monoisotopic (exact) mass is 302 g/mol. The standard InChI is InChI=1S/C18H10F4/c1-2-10-3-5-11(6-4-10)12-7-13-9-15(20)17(21)18(22)16(13)14(19)8-12/h2-9H,1H2. The molecule has 4 heteroatoms. The molecule has 0 amide bonds. The lowest BCUT2D eigenvalue weighted by atomic mass is 9.99. The minimum atomic E-state index is -1.67. The van der Waals surface area contributed by atoms with Crippen molar-refractivity contribution in [1.29, 1.82) is 0 Å². The van der Waals surface area contributed by atoms with Crippen LogP contribution in [0.4, 0.5) is 17.6 Å². The van der Waals surface area contributed by atoms with Gasteiger partial charge >= 0.3 is 0 Å². The topological polar surface area (TPSA) is 0 Å². The third kappa shape index (κ3) is 2.26. The Bertz CT molecular complexity index is 880. The fraction of sp³-hybridized carbons (Fsp3) is 0. The Morgan fingerprint density at radius 2 is 1.41 bits per heavy atom. The van der Waals surface area contributed by atoms with Gasteiger partial charge in [-0.05, 0) is 40.3 Å². The molecular weight excluding hydrogens is 292 g/mol. The highest BCUT2D eigenvalue weighted by atomic mass is 19.2. The van der Waals surface area contributed by atoms with E-state index in [1.165, 1.54) is 6.07 Å². The molecule has 110 valence electrons. The van der Waals surface area contributed by atoms with E-state index in [-0.39, 0.29) is 5.39 Å². The van der Waals surface area contributed by atoms with Crippen molar-refractivity contribution in [2.45, 2.75) is 0 Å². The molecule has 0 fully saturated rings. The molecule has 0 heterocycles. The van der Waals surface area contributed by atoms with Crippen LogP contribution >= 0.6 is 0 Å². The van der Waals surface area contributed by atoms with Crippen LogP contribution in [0.3, 0.4) is 0 Å². The van der Waals surface area contributed by atoms with Crippen LogP contribution in [0.15, 0.2) is 49.0 Å². The minimum absolute atomic E-state index is 0.0285. The van der Waals surface area contributed by atoms with E-state index in [1.807, 2.05) is 0 Å². The van der Waals surface area contributed by atoms with E-state index in [4.69, 9.17) is 0 Å². The van der Waals surface area contributed by atoms with Gasteiger partial charge in [0.2, 0.25) is 0 Å². The zero-order valence-electron chi connectivity index (χ0n) is 11.3. The quantitative estimate of drug-likeness (QED) is 0.420. The average Bonchev–Trinajstić information content (AvgIpc) is 2.52. The van der Waals surface area contributed by atoms with E-state index in [2.05, 4.69) is 6.58 Å². The molecule has 3 aromatic rings. The Morgan fingerprint density at radius 3 is 2.05 bits per heavy atom. The summed E-state index contributed by atoms with van der Waals surface area (Å²) in [6, 6.07) is 10.4. The first-order chi connectivity index (χ1) is 10.5. The highest BCUT2D eigenvalue weighted by Crippen LogP contribution is 2.31. The van der Waals surface area contributed by atoms with Gasteiger partial charge in [-0.1, -0.05) is 36.9 Å².